The Hall–Kier alpha value is -5.90. The third-order valence-corrected chi connectivity index (χ3v) is 11.8. The van der Waals surface area contributed by atoms with Crippen molar-refractivity contribution in [2.24, 2.45) is 0 Å². The number of nitrogens with zero attached hydrogens (tertiary/aromatic N) is 2. The summed E-state index contributed by atoms with van der Waals surface area (Å²) in [6.45, 7) is 0. The second kappa shape index (κ2) is 9.57. The molecule has 2 aromatic heterocycles. The second-order valence-corrected chi connectivity index (χ2v) is 13.9. The van der Waals surface area contributed by atoms with E-state index in [-0.39, 0.29) is 5.41 Å². The van der Waals surface area contributed by atoms with Crippen LogP contribution in [-0.4, -0.2) is 9.97 Å². The van der Waals surface area contributed by atoms with Gasteiger partial charge in [-0.3, -0.25) is 0 Å². The molecule has 0 saturated heterocycles. The fourth-order valence-corrected chi connectivity index (χ4v) is 9.98. The summed E-state index contributed by atoms with van der Waals surface area (Å²) >= 11 is 1.94. The van der Waals surface area contributed by atoms with Gasteiger partial charge in [-0.2, -0.15) is 0 Å². The normalized spacial score (nSPS) is 13.6. The molecule has 2 aliphatic carbocycles. The third-order valence-electron chi connectivity index (χ3n) is 10.5. The Morgan fingerprint density at radius 1 is 0.458 bits per heavy atom. The molecule has 0 unspecified atom stereocenters. The summed E-state index contributed by atoms with van der Waals surface area (Å²) in [5, 5.41) is 4.77. The number of hydrogen-bond donors (Lipinski definition) is 0. The van der Waals surface area contributed by atoms with Gasteiger partial charge in [-0.15, -0.1) is 11.3 Å². The standard InChI is InChI=1S/C45H26N2S/c1-2-14-29-27(12-1)13-11-19-32(29)42-33-17-5-9-22-39(33)46-44(47-42)28-24-25-38-35(26-28)41-34-18-6-10-23-40(34)48-43(41)45(38)36-20-7-3-15-30(36)31-16-4-8-21-37(31)45/h1-26H. The van der Waals surface area contributed by atoms with E-state index < -0.39 is 0 Å². The van der Waals surface area contributed by atoms with Crippen molar-refractivity contribution < 1.29 is 0 Å². The van der Waals surface area contributed by atoms with Crippen molar-refractivity contribution in [3.63, 3.8) is 0 Å². The van der Waals surface area contributed by atoms with Crippen molar-refractivity contribution in [2.75, 3.05) is 0 Å². The van der Waals surface area contributed by atoms with Crippen molar-refractivity contribution in [1.29, 1.82) is 0 Å². The SMILES string of the molecule is c1ccc2c(c1)-c1ccccc1C21c2ccc(-c3nc(-c4cccc5ccccc45)c4ccccc4n3)cc2-c2c1sc1ccccc21. The highest BCUT2D eigenvalue weighted by Crippen LogP contribution is 2.66. The molecular formula is C45H26N2S. The lowest BCUT2D eigenvalue weighted by atomic mass is 9.74. The van der Waals surface area contributed by atoms with E-state index in [1.807, 2.05) is 11.3 Å². The van der Waals surface area contributed by atoms with Gasteiger partial charge in [-0.25, -0.2) is 9.97 Å². The van der Waals surface area contributed by atoms with Crippen LogP contribution in [0.4, 0.5) is 0 Å². The lowest BCUT2D eigenvalue weighted by Gasteiger charge is -2.29. The molecule has 2 aliphatic rings. The van der Waals surface area contributed by atoms with E-state index in [0.717, 1.165) is 33.5 Å². The Labute approximate surface area is 281 Å². The zero-order valence-electron chi connectivity index (χ0n) is 25.8. The van der Waals surface area contributed by atoms with Crippen molar-refractivity contribution in [2.45, 2.75) is 5.41 Å². The number of benzene rings is 7. The van der Waals surface area contributed by atoms with E-state index in [4.69, 9.17) is 9.97 Å². The number of fused-ring (bicyclic) bond motifs is 14. The van der Waals surface area contributed by atoms with E-state index in [2.05, 4.69) is 158 Å². The first-order valence-electron chi connectivity index (χ1n) is 16.4. The minimum Gasteiger partial charge on any atom is -0.228 e. The Morgan fingerprint density at radius 2 is 1.08 bits per heavy atom. The monoisotopic (exact) mass is 626 g/mol. The molecule has 0 atom stereocenters. The number of hydrogen-bond acceptors (Lipinski definition) is 3. The van der Waals surface area contributed by atoms with Gasteiger partial charge < -0.3 is 0 Å². The summed E-state index contributed by atoms with van der Waals surface area (Å²) in [5.41, 5.74) is 13.0. The molecule has 3 heteroatoms. The molecule has 11 rings (SSSR count). The molecule has 2 heterocycles. The average molecular weight is 627 g/mol. The van der Waals surface area contributed by atoms with Gasteiger partial charge in [0, 0.05) is 37.0 Å². The van der Waals surface area contributed by atoms with Crippen LogP contribution in [0.3, 0.4) is 0 Å². The third kappa shape index (κ3) is 3.31. The van der Waals surface area contributed by atoms with Crippen molar-refractivity contribution >= 4 is 43.1 Å². The molecule has 0 fully saturated rings. The van der Waals surface area contributed by atoms with Gasteiger partial charge in [0.05, 0.1) is 16.6 Å². The smallest absolute Gasteiger partial charge is 0.160 e. The summed E-state index contributed by atoms with van der Waals surface area (Å²) in [6.07, 6.45) is 0. The highest BCUT2D eigenvalue weighted by molar-refractivity contribution is 7.20. The van der Waals surface area contributed by atoms with Crippen LogP contribution >= 0.6 is 11.3 Å². The van der Waals surface area contributed by atoms with Gasteiger partial charge in [0.15, 0.2) is 5.82 Å². The average Bonchev–Trinajstić information content (AvgIpc) is 3.78. The van der Waals surface area contributed by atoms with Gasteiger partial charge in [0.25, 0.3) is 0 Å². The van der Waals surface area contributed by atoms with Crippen LogP contribution in [0.5, 0.6) is 0 Å². The maximum atomic E-state index is 5.38. The maximum Gasteiger partial charge on any atom is 0.160 e. The Kier molecular flexibility index (Phi) is 5.22. The molecule has 0 radical (unpaired) electrons. The molecule has 7 aromatic carbocycles. The van der Waals surface area contributed by atoms with E-state index in [1.54, 1.807) is 0 Å². The molecule has 9 aromatic rings. The minimum atomic E-state index is -0.363. The molecule has 222 valence electrons. The molecule has 0 N–H and O–H groups in total. The lowest BCUT2D eigenvalue weighted by Crippen LogP contribution is -2.24. The molecular weight excluding hydrogens is 601 g/mol. The molecule has 0 bridgehead atoms. The van der Waals surface area contributed by atoms with Gasteiger partial charge in [0.1, 0.15) is 0 Å². The van der Waals surface area contributed by atoms with Gasteiger partial charge in [-0.1, -0.05) is 140 Å². The highest BCUT2D eigenvalue weighted by atomic mass is 32.1. The topological polar surface area (TPSA) is 25.8 Å². The fourth-order valence-electron chi connectivity index (χ4n) is 8.53. The molecule has 0 saturated carbocycles. The van der Waals surface area contributed by atoms with Crippen molar-refractivity contribution in [1.82, 2.24) is 9.97 Å². The first-order valence-corrected chi connectivity index (χ1v) is 17.2. The van der Waals surface area contributed by atoms with E-state index in [1.165, 1.54) is 64.7 Å². The van der Waals surface area contributed by atoms with E-state index in [0.29, 0.717) is 0 Å². The molecule has 1 spiro atoms. The Morgan fingerprint density at radius 3 is 1.92 bits per heavy atom. The van der Waals surface area contributed by atoms with Crippen LogP contribution in [0.2, 0.25) is 0 Å². The zero-order valence-corrected chi connectivity index (χ0v) is 26.6. The van der Waals surface area contributed by atoms with Crippen LogP contribution in [0.25, 0.3) is 76.7 Å². The van der Waals surface area contributed by atoms with E-state index in [9.17, 15) is 0 Å². The Balaban J connectivity index is 1.21. The zero-order chi connectivity index (χ0) is 31.4. The number of rotatable bonds is 2. The molecule has 0 aliphatic heterocycles. The van der Waals surface area contributed by atoms with E-state index >= 15 is 0 Å². The van der Waals surface area contributed by atoms with Gasteiger partial charge >= 0.3 is 0 Å². The van der Waals surface area contributed by atoms with Gasteiger partial charge in [0.2, 0.25) is 0 Å². The Bertz CT molecular complexity index is 2760. The van der Waals surface area contributed by atoms with Crippen molar-refractivity contribution in [3.8, 4) is 44.9 Å². The first kappa shape index (κ1) is 26.2. The maximum absolute atomic E-state index is 5.38. The van der Waals surface area contributed by atoms with Crippen LogP contribution in [0, 0.1) is 0 Å². The predicted octanol–water partition coefficient (Wildman–Crippen LogP) is 11.7. The van der Waals surface area contributed by atoms with Crippen LogP contribution < -0.4 is 0 Å². The summed E-state index contributed by atoms with van der Waals surface area (Å²) in [5.74, 6) is 0.744. The molecule has 48 heavy (non-hydrogen) atoms. The summed E-state index contributed by atoms with van der Waals surface area (Å²) in [4.78, 5) is 12.0. The fraction of sp³-hybridized carbons (Fsp3) is 0.0222. The summed E-state index contributed by atoms with van der Waals surface area (Å²) in [6, 6.07) is 57.3. The number of para-hydroxylation sites is 1. The van der Waals surface area contributed by atoms with Gasteiger partial charge in [-0.05, 0) is 62.4 Å². The van der Waals surface area contributed by atoms with Crippen molar-refractivity contribution in [3.05, 3.63) is 179 Å². The summed E-state index contributed by atoms with van der Waals surface area (Å²) in [7, 11) is 0. The summed E-state index contributed by atoms with van der Waals surface area (Å²) < 4.78 is 1.32. The predicted molar refractivity (Wildman–Crippen MR) is 200 cm³/mol. The van der Waals surface area contributed by atoms with Crippen LogP contribution in [0.1, 0.15) is 21.6 Å². The number of thiophene rings is 1. The second-order valence-electron chi connectivity index (χ2n) is 12.8. The number of aromatic nitrogens is 2. The van der Waals surface area contributed by atoms with Crippen LogP contribution in [-0.2, 0) is 5.41 Å². The van der Waals surface area contributed by atoms with Crippen LogP contribution in [0.15, 0.2) is 158 Å². The highest BCUT2D eigenvalue weighted by Gasteiger charge is 2.53. The largest absolute Gasteiger partial charge is 0.228 e. The minimum absolute atomic E-state index is 0.363. The molecule has 2 nitrogen and oxygen atoms in total. The lowest BCUT2D eigenvalue weighted by molar-refractivity contribution is 0.812. The molecule has 0 amide bonds. The first-order chi connectivity index (χ1) is 23.8. The quantitative estimate of drug-likeness (QED) is 0.191.